The summed E-state index contributed by atoms with van der Waals surface area (Å²) < 4.78 is 27.4. The van der Waals surface area contributed by atoms with E-state index in [1.807, 2.05) is 232 Å². The first-order valence-electron chi connectivity index (χ1n) is 36.6. The lowest BCUT2D eigenvalue weighted by Crippen LogP contribution is -2.54. The van der Waals surface area contributed by atoms with Crippen LogP contribution in [-0.2, 0) is 67.2 Å². The maximum absolute atomic E-state index is 14.5. The van der Waals surface area contributed by atoms with Crippen molar-refractivity contribution in [1.29, 1.82) is 0 Å². The number of ketones is 2. The zero-order chi connectivity index (χ0) is 79.0. The molecule has 7 N–H and O–H groups in total. The summed E-state index contributed by atoms with van der Waals surface area (Å²) in [6, 6.07) is 71.8. The van der Waals surface area contributed by atoms with E-state index in [2.05, 4.69) is 37.2 Å². The molecule has 0 aliphatic rings. The van der Waals surface area contributed by atoms with E-state index in [4.69, 9.17) is 23.7 Å². The van der Waals surface area contributed by atoms with Gasteiger partial charge in [-0.05, 0) is 120 Å². The van der Waals surface area contributed by atoms with Crippen LogP contribution in [0.25, 0.3) is 0 Å². The van der Waals surface area contributed by atoms with Gasteiger partial charge < -0.3 is 60.9 Å². The summed E-state index contributed by atoms with van der Waals surface area (Å²) in [6.45, 7) is 18.6. The molecule has 8 rings (SSSR count). The third-order valence-corrected chi connectivity index (χ3v) is 17.0. The molecule has 0 radical (unpaired) electrons. The van der Waals surface area contributed by atoms with E-state index in [1.54, 1.807) is 86.6 Å². The number of nitrogens with one attached hydrogen (secondary N) is 7. The van der Waals surface area contributed by atoms with Crippen LogP contribution in [0.15, 0.2) is 243 Å². The number of hydrogen-bond donors (Lipinski definition) is 7. The Labute approximate surface area is 640 Å². The molecule has 8 aromatic carbocycles. The minimum atomic E-state index is -1.45. The van der Waals surface area contributed by atoms with Crippen molar-refractivity contribution in [3.05, 3.63) is 287 Å². The van der Waals surface area contributed by atoms with Crippen molar-refractivity contribution in [2.45, 2.75) is 167 Å². The molecule has 22 nitrogen and oxygen atoms in total. The number of ether oxygens (including phenoxy) is 5. The number of rotatable bonds is 32. The molecular formula is C87H104N8O14. The van der Waals surface area contributed by atoms with Crippen LogP contribution in [0.5, 0.6) is 0 Å². The lowest BCUT2D eigenvalue weighted by atomic mass is 9.77. The molecule has 0 bridgehead atoms. The first-order chi connectivity index (χ1) is 52.0. The van der Waals surface area contributed by atoms with Crippen LogP contribution in [-0.4, -0.2) is 126 Å². The van der Waals surface area contributed by atoms with Gasteiger partial charge >= 0.3 is 30.5 Å². The third kappa shape index (κ3) is 27.3. The summed E-state index contributed by atoms with van der Waals surface area (Å²) in [5.41, 5.74) is 1.58. The third-order valence-electron chi connectivity index (χ3n) is 17.0. The molecule has 0 aliphatic heterocycles. The van der Waals surface area contributed by atoms with Gasteiger partial charge in [0.25, 0.3) is 0 Å². The highest BCUT2D eigenvalue weighted by Crippen LogP contribution is 2.39. The van der Waals surface area contributed by atoms with E-state index in [9.17, 15) is 43.2 Å². The molecule has 0 unspecified atom stereocenters. The normalized spacial score (nSPS) is 12.6. The molecule has 22 heteroatoms. The average molecular weight is 1490 g/mol. The van der Waals surface area contributed by atoms with Gasteiger partial charge in [0.1, 0.15) is 53.2 Å². The second kappa shape index (κ2) is 40.9. The zero-order valence-electron chi connectivity index (χ0n) is 64.1. The fraction of sp³-hybridized carbons (Fsp3) is 0.345. The monoisotopic (exact) mass is 1480 g/mol. The number of benzene rings is 8. The van der Waals surface area contributed by atoms with Gasteiger partial charge in [0.15, 0.2) is 11.6 Å². The van der Waals surface area contributed by atoms with E-state index in [0.29, 0.717) is 12.8 Å². The van der Waals surface area contributed by atoms with Crippen LogP contribution in [0.4, 0.5) is 24.0 Å². The second-order valence-electron chi connectivity index (χ2n) is 29.1. The summed E-state index contributed by atoms with van der Waals surface area (Å²) >= 11 is 0. The minimum Gasteiger partial charge on any atom is -0.445 e. The summed E-state index contributed by atoms with van der Waals surface area (Å²) in [7, 11) is 0. The van der Waals surface area contributed by atoms with Gasteiger partial charge in [0.2, 0.25) is 11.8 Å². The van der Waals surface area contributed by atoms with E-state index >= 15 is 0 Å². The van der Waals surface area contributed by atoms with Crippen LogP contribution in [0.3, 0.4) is 0 Å². The lowest BCUT2D eigenvalue weighted by molar-refractivity contribution is -0.128. The Balaban J connectivity index is 0.000000306. The Morgan fingerprint density at radius 1 is 0.358 bits per heavy atom. The Morgan fingerprint density at radius 2 is 0.651 bits per heavy atom. The molecule has 4 atom stereocenters. The second-order valence-corrected chi connectivity index (χ2v) is 29.1. The number of nitrogens with zero attached hydrogens (tertiary/aromatic N) is 1. The van der Waals surface area contributed by atoms with Crippen molar-refractivity contribution >= 4 is 53.8 Å². The van der Waals surface area contributed by atoms with Gasteiger partial charge in [0, 0.05) is 25.2 Å². The average Bonchev–Trinajstić information content (AvgIpc) is 0.760. The molecule has 109 heavy (non-hydrogen) atoms. The van der Waals surface area contributed by atoms with Gasteiger partial charge in [0.05, 0.1) is 25.9 Å². The molecule has 0 spiro atoms. The van der Waals surface area contributed by atoms with Crippen LogP contribution >= 0.6 is 0 Å². The van der Waals surface area contributed by atoms with Crippen molar-refractivity contribution in [2.24, 2.45) is 0 Å². The number of hydrogen-bond acceptors (Lipinski definition) is 15. The van der Waals surface area contributed by atoms with Crippen LogP contribution < -0.4 is 37.2 Å². The maximum atomic E-state index is 14.5. The quantitative estimate of drug-likeness (QED) is 0.0152. The van der Waals surface area contributed by atoms with Crippen molar-refractivity contribution in [3.63, 3.8) is 0 Å². The predicted molar refractivity (Wildman–Crippen MR) is 419 cm³/mol. The molecule has 0 heterocycles. The highest BCUT2D eigenvalue weighted by molar-refractivity contribution is 5.96. The molecule has 576 valence electrons. The topological polar surface area (TPSA) is 287 Å². The number of carbonyl (C=O) groups excluding carboxylic acids is 9. The van der Waals surface area contributed by atoms with Crippen molar-refractivity contribution < 1.29 is 66.8 Å². The zero-order valence-corrected chi connectivity index (χ0v) is 64.1. The van der Waals surface area contributed by atoms with Gasteiger partial charge in [-0.3, -0.25) is 24.1 Å². The van der Waals surface area contributed by atoms with Crippen molar-refractivity contribution in [3.8, 4) is 0 Å². The first kappa shape index (κ1) is 84.6. The first-order valence-corrected chi connectivity index (χ1v) is 36.6. The van der Waals surface area contributed by atoms with Gasteiger partial charge in [-0.15, -0.1) is 0 Å². The SMILES string of the molecule is CC[C@@H](CN(CC(=O)[C@H](CC(=O)NC(c1ccccc1)(c1ccccc1)c1ccccc1)NC(=O)OCc1ccccc1)C(=O)OC(C)(C)C)NC(=O)OC(C)(C)C.CC[C@@H](CNCC(=O)[C@H](CC(=O)NC(c1ccccc1)(c1ccccc1)c1ccccc1)NC(=O)OCc1ccccc1)NC(=O)OC(C)(C)C. The van der Waals surface area contributed by atoms with Crippen molar-refractivity contribution in [2.75, 3.05) is 26.2 Å². The standard InChI is InChI=1S/C46H56N4O8.C41H48N4O6/c1-8-37(47-42(54)57-44(2,3)4)30-50(43(55)58-45(5,6)7)31-39(51)38(48-41(53)56-32-33-21-13-9-14-22-33)29-40(52)49-46(34-23-15-10-16-24-34,35-25-17-11-18-26-35)36-27-19-12-20-28-36;1-5-34(43-39(49)51-40(2,3)4)27-42-28-36(46)35(44-38(48)50-29-30-18-10-6-11-19-30)26-37(47)45-41(31-20-12-7-13-21-31,32-22-14-8-15-23-32)33-24-16-9-17-25-33/h9-28,37-38H,8,29-32H2,1-7H3,(H,47,54)(H,48,53)(H,49,52);6-25,34-35,42H,5,26-29H2,1-4H3,(H,43,49)(H,44,48)(H,45,47)/t37-,38-;34-,35-/m00/s1. The largest absolute Gasteiger partial charge is 0.445 e. The summed E-state index contributed by atoms with van der Waals surface area (Å²) in [5.74, 6) is -2.14. The lowest BCUT2D eigenvalue weighted by Gasteiger charge is -2.37. The number of Topliss-reactive ketones (excluding diaryl/α,β-unsaturated/α-hetero) is 2. The fourth-order valence-corrected chi connectivity index (χ4v) is 11.9. The van der Waals surface area contributed by atoms with E-state index in [-0.39, 0.29) is 45.3 Å². The van der Waals surface area contributed by atoms with E-state index < -0.39 is 113 Å². The predicted octanol–water partition coefficient (Wildman–Crippen LogP) is 14.1. The molecule has 0 aliphatic carbocycles. The molecule has 0 saturated carbocycles. The highest BCUT2D eigenvalue weighted by Gasteiger charge is 2.42. The molecule has 0 saturated heterocycles. The number of carbonyl (C=O) groups is 9. The van der Waals surface area contributed by atoms with Crippen molar-refractivity contribution in [1.82, 2.24) is 42.1 Å². The summed E-state index contributed by atoms with van der Waals surface area (Å²) in [4.78, 5) is 123. The van der Waals surface area contributed by atoms with Crippen LogP contribution in [0, 0.1) is 0 Å². The Hall–Kier alpha value is -11.7. The highest BCUT2D eigenvalue weighted by atomic mass is 16.6. The Bertz CT molecular complexity index is 3990. The molecule has 7 amide bonds. The van der Waals surface area contributed by atoms with Crippen LogP contribution in [0.2, 0.25) is 0 Å². The van der Waals surface area contributed by atoms with E-state index in [1.165, 1.54) is 0 Å². The minimum absolute atomic E-state index is 0.00826. The Morgan fingerprint density at radius 3 is 0.954 bits per heavy atom. The van der Waals surface area contributed by atoms with Gasteiger partial charge in [-0.2, -0.15) is 0 Å². The van der Waals surface area contributed by atoms with E-state index in [0.717, 1.165) is 49.4 Å². The molecule has 0 aromatic heterocycles. The molecule has 8 aromatic rings. The number of amides is 7. The molecule has 0 fully saturated rings. The fourth-order valence-electron chi connectivity index (χ4n) is 11.9. The summed E-state index contributed by atoms with van der Waals surface area (Å²) in [5, 5.41) is 20.4. The molecular weight excluding hydrogens is 1380 g/mol. The smallest absolute Gasteiger partial charge is 0.410 e. The van der Waals surface area contributed by atoms with Gasteiger partial charge in [-0.25, -0.2) is 24.0 Å². The Kier molecular flexibility index (Phi) is 31.7. The maximum Gasteiger partial charge on any atom is 0.410 e. The van der Waals surface area contributed by atoms with Gasteiger partial charge in [-0.1, -0.05) is 257 Å². The summed E-state index contributed by atoms with van der Waals surface area (Å²) in [6.07, 6.45) is -3.74. The van der Waals surface area contributed by atoms with Crippen LogP contribution in [0.1, 0.15) is 146 Å². The number of alkyl carbamates (subject to hydrolysis) is 4.